The van der Waals surface area contributed by atoms with Crippen molar-refractivity contribution in [2.24, 2.45) is 0 Å². The zero-order valence-electron chi connectivity index (χ0n) is 11.5. The van der Waals surface area contributed by atoms with Crippen molar-refractivity contribution in [3.8, 4) is 0 Å². The molecule has 0 radical (unpaired) electrons. The highest BCUT2D eigenvalue weighted by Gasteiger charge is 2.30. The fourth-order valence-electron chi connectivity index (χ4n) is 2.43. The first kappa shape index (κ1) is 14.4. The van der Waals surface area contributed by atoms with Gasteiger partial charge in [0.05, 0.1) is 6.54 Å². The fourth-order valence-corrected chi connectivity index (χ4v) is 2.92. The molecule has 1 fully saturated rings. The third kappa shape index (κ3) is 3.98. The second-order valence-electron chi connectivity index (χ2n) is 4.83. The van der Waals surface area contributed by atoms with E-state index in [1.54, 1.807) is 0 Å². The average Bonchev–Trinajstić information content (AvgIpc) is 2.81. The Morgan fingerprint density at radius 1 is 1.26 bits per heavy atom. The predicted octanol–water partition coefficient (Wildman–Crippen LogP) is 2.65. The molecule has 1 saturated heterocycles. The molecule has 2 rings (SSSR count). The van der Waals surface area contributed by atoms with E-state index in [4.69, 9.17) is 0 Å². The SMILES string of the molecule is CSCCCCCN1C(=O)CNC1c1ccccc1. The van der Waals surface area contributed by atoms with E-state index >= 15 is 0 Å². The Kier molecular flexibility index (Phi) is 5.73. The summed E-state index contributed by atoms with van der Waals surface area (Å²) in [6, 6.07) is 10.2. The van der Waals surface area contributed by atoms with E-state index < -0.39 is 0 Å². The van der Waals surface area contributed by atoms with Crippen LogP contribution in [0.5, 0.6) is 0 Å². The lowest BCUT2D eigenvalue weighted by Gasteiger charge is -2.24. The van der Waals surface area contributed by atoms with Crippen LogP contribution in [0.25, 0.3) is 0 Å². The zero-order chi connectivity index (χ0) is 13.5. The molecule has 1 heterocycles. The normalized spacial score (nSPS) is 19.1. The minimum Gasteiger partial charge on any atom is -0.322 e. The van der Waals surface area contributed by atoms with Gasteiger partial charge in [-0.25, -0.2) is 0 Å². The summed E-state index contributed by atoms with van der Waals surface area (Å²) in [5.41, 5.74) is 1.18. The average molecular weight is 278 g/mol. The van der Waals surface area contributed by atoms with Gasteiger partial charge in [-0.3, -0.25) is 10.1 Å². The number of amides is 1. The van der Waals surface area contributed by atoms with E-state index in [-0.39, 0.29) is 12.1 Å². The van der Waals surface area contributed by atoms with E-state index in [9.17, 15) is 4.79 Å². The third-order valence-corrected chi connectivity index (χ3v) is 4.14. The summed E-state index contributed by atoms with van der Waals surface area (Å²) in [5.74, 6) is 1.44. The molecule has 1 amide bonds. The first-order valence-corrected chi connectivity index (χ1v) is 8.29. The molecule has 1 aliphatic rings. The molecule has 1 aliphatic heterocycles. The van der Waals surface area contributed by atoms with E-state index in [1.807, 2.05) is 34.9 Å². The minimum atomic E-state index is 0.0641. The van der Waals surface area contributed by atoms with Crippen molar-refractivity contribution in [3.05, 3.63) is 35.9 Å². The molecular formula is C15H22N2OS. The number of thioether (sulfide) groups is 1. The molecule has 1 aromatic rings. The molecule has 1 aromatic carbocycles. The lowest BCUT2D eigenvalue weighted by molar-refractivity contribution is -0.128. The van der Waals surface area contributed by atoms with Crippen LogP contribution in [0.2, 0.25) is 0 Å². The third-order valence-electron chi connectivity index (χ3n) is 3.44. The number of benzene rings is 1. The maximum absolute atomic E-state index is 11.9. The number of carbonyl (C=O) groups is 1. The molecule has 3 nitrogen and oxygen atoms in total. The smallest absolute Gasteiger partial charge is 0.238 e. The van der Waals surface area contributed by atoms with Crippen LogP contribution in [0.3, 0.4) is 0 Å². The lowest BCUT2D eigenvalue weighted by Crippen LogP contribution is -2.31. The Morgan fingerprint density at radius 2 is 2.05 bits per heavy atom. The molecule has 104 valence electrons. The van der Waals surface area contributed by atoms with Gasteiger partial charge in [0.1, 0.15) is 6.17 Å². The molecule has 1 atom stereocenters. The maximum Gasteiger partial charge on any atom is 0.238 e. The van der Waals surface area contributed by atoms with Gasteiger partial charge in [-0.05, 0) is 30.4 Å². The standard InChI is InChI=1S/C15H22N2OS/c1-19-11-7-3-6-10-17-14(18)12-16-15(17)13-8-4-2-5-9-13/h2,4-5,8-9,15-16H,3,6-7,10-12H2,1H3. The number of carbonyl (C=O) groups excluding carboxylic acids is 1. The summed E-state index contributed by atoms with van der Waals surface area (Å²) < 4.78 is 0. The molecule has 4 heteroatoms. The van der Waals surface area contributed by atoms with Gasteiger partial charge in [-0.1, -0.05) is 36.8 Å². The number of nitrogens with zero attached hydrogens (tertiary/aromatic N) is 1. The molecule has 0 saturated carbocycles. The van der Waals surface area contributed by atoms with Crippen molar-refractivity contribution >= 4 is 17.7 Å². The lowest BCUT2D eigenvalue weighted by atomic mass is 10.1. The van der Waals surface area contributed by atoms with E-state index in [1.165, 1.54) is 24.2 Å². The fraction of sp³-hybridized carbons (Fsp3) is 0.533. The summed E-state index contributed by atoms with van der Waals surface area (Å²) in [4.78, 5) is 13.9. The van der Waals surface area contributed by atoms with Crippen LogP contribution in [-0.4, -0.2) is 35.9 Å². The molecule has 0 aliphatic carbocycles. The van der Waals surface area contributed by atoms with Gasteiger partial charge in [0, 0.05) is 6.54 Å². The summed E-state index contributed by atoms with van der Waals surface area (Å²) in [7, 11) is 0. The summed E-state index contributed by atoms with van der Waals surface area (Å²) in [5, 5.41) is 3.30. The second kappa shape index (κ2) is 7.56. The summed E-state index contributed by atoms with van der Waals surface area (Å²) in [6.45, 7) is 1.32. The molecule has 0 aromatic heterocycles. The van der Waals surface area contributed by atoms with E-state index in [0.717, 1.165) is 13.0 Å². The molecule has 1 N–H and O–H groups in total. The van der Waals surface area contributed by atoms with Crippen LogP contribution < -0.4 is 5.32 Å². The molecule has 19 heavy (non-hydrogen) atoms. The van der Waals surface area contributed by atoms with Gasteiger partial charge in [0.15, 0.2) is 0 Å². The van der Waals surface area contributed by atoms with Crippen LogP contribution in [0.4, 0.5) is 0 Å². The highest BCUT2D eigenvalue weighted by molar-refractivity contribution is 7.98. The Bertz CT molecular complexity index is 396. The number of rotatable bonds is 7. The number of nitrogens with one attached hydrogen (secondary N) is 1. The number of unbranched alkanes of at least 4 members (excludes halogenated alkanes) is 2. The van der Waals surface area contributed by atoms with E-state index in [2.05, 4.69) is 23.7 Å². The van der Waals surface area contributed by atoms with Gasteiger partial charge < -0.3 is 4.90 Å². The monoisotopic (exact) mass is 278 g/mol. The quantitative estimate of drug-likeness (QED) is 0.778. The number of hydrogen-bond donors (Lipinski definition) is 1. The van der Waals surface area contributed by atoms with Crippen LogP contribution in [0, 0.1) is 0 Å². The summed E-state index contributed by atoms with van der Waals surface area (Å²) in [6.07, 6.45) is 5.74. The van der Waals surface area contributed by atoms with E-state index in [0.29, 0.717) is 6.54 Å². The highest BCUT2D eigenvalue weighted by Crippen LogP contribution is 2.22. The molecule has 0 spiro atoms. The van der Waals surface area contributed by atoms with Gasteiger partial charge >= 0.3 is 0 Å². The maximum atomic E-state index is 11.9. The Hall–Kier alpha value is -1.00. The summed E-state index contributed by atoms with van der Waals surface area (Å²) >= 11 is 1.89. The van der Waals surface area contributed by atoms with Crippen molar-refractivity contribution in [2.75, 3.05) is 25.1 Å². The molecule has 1 unspecified atom stereocenters. The topological polar surface area (TPSA) is 32.3 Å². The number of hydrogen-bond acceptors (Lipinski definition) is 3. The van der Waals surface area contributed by atoms with Crippen LogP contribution in [0.15, 0.2) is 30.3 Å². The van der Waals surface area contributed by atoms with Gasteiger partial charge in [-0.2, -0.15) is 11.8 Å². The van der Waals surface area contributed by atoms with Crippen LogP contribution in [0.1, 0.15) is 31.0 Å². The predicted molar refractivity (Wildman–Crippen MR) is 81.1 cm³/mol. The first-order chi connectivity index (χ1) is 9.33. The zero-order valence-corrected chi connectivity index (χ0v) is 12.3. The van der Waals surface area contributed by atoms with Crippen molar-refractivity contribution in [2.45, 2.75) is 25.4 Å². The van der Waals surface area contributed by atoms with Crippen molar-refractivity contribution < 1.29 is 4.79 Å². The molecule has 0 bridgehead atoms. The molecular weight excluding hydrogens is 256 g/mol. The Morgan fingerprint density at radius 3 is 2.79 bits per heavy atom. The van der Waals surface area contributed by atoms with Gasteiger partial charge in [0.2, 0.25) is 5.91 Å². The van der Waals surface area contributed by atoms with Crippen molar-refractivity contribution in [1.82, 2.24) is 10.2 Å². The first-order valence-electron chi connectivity index (χ1n) is 6.89. The highest BCUT2D eigenvalue weighted by atomic mass is 32.2. The van der Waals surface area contributed by atoms with Gasteiger partial charge in [-0.15, -0.1) is 0 Å². The largest absolute Gasteiger partial charge is 0.322 e. The van der Waals surface area contributed by atoms with Crippen LogP contribution >= 0.6 is 11.8 Å². The Balaban J connectivity index is 1.87. The second-order valence-corrected chi connectivity index (χ2v) is 5.82. The van der Waals surface area contributed by atoms with Crippen molar-refractivity contribution in [1.29, 1.82) is 0 Å². The van der Waals surface area contributed by atoms with Crippen LogP contribution in [-0.2, 0) is 4.79 Å². The Labute approximate surface area is 119 Å². The minimum absolute atomic E-state index is 0.0641. The van der Waals surface area contributed by atoms with Gasteiger partial charge in [0.25, 0.3) is 0 Å². The van der Waals surface area contributed by atoms with Crippen molar-refractivity contribution in [3.63, 3.8) is 0 Å².